The van der Waals surface area contributed by atoms with Crippen LogP contribution in [0.15, 0.2) is 6.07 Å². The van der Waals surface area contributed by atoms with Crippen molar-refractivity contribution >= 4 is 37.8 Å². The van der Waals surface area contributed by atoms with Crippen LogP contribution in [0.1, 0.15) is 22.5 Å². The zero-order valence-electron chi connectivity index (χ0n) is 11.5. The Labute approximate surface area is 122 Å². The molecule has 3 N–H and O–H groups in total. The number of nitrogens with one attached hydrogen (secondary N) is 1. The molecule has 6 nitrogen and oxygen atoms in total. The molecule has 2 heterocycles. The summed E-state index contributed by atoms with van der Waals surface area (Å²) in [5, 5.41) is 4.09. The Bertz CT molecular complexity index is 593. The van der Waals surface area contributed by atoms with Crippen LogP contribution in [0, 0.1) is 0 Å². The molecule has 20 heavy (non-hydrogen) atoms. The van der Waals surface area contributed by atoms with Gasteiger partial charge in [-0.15, -0.1) is 11.3 Å². The molecule has 8 heteroatoms. The van der Waals surface area contributed by atoms with Gasteiger partial charge in [-0.3, -0.25) is 4.79 Å². The van der Waals surface area contributed by atoms with Crippen LogP contribution in [0.3, 0.4) is 0 Å². The summed E-state index contributed by atoms with van der Waals surface area (Å²) < 4.78 is 22.8. The van der Waals surface area contributed by atoms with Gasteiger partial charge in [-0.1, -0.05) is 0 Å². The fourth-order valence-corrected chi connectivity index (χ4v) is 4.65. The molecule has 0 saturated carbocycles. The zero-order valence-corrected chi connectivity index (χ0v) is 13.2. The summed E-state index contributed by atoms with van der Waals surface area (Å²) in [5.74, 6) is 0.316. The highest BCUT2D eigenvalue weighted by Crippen LogP contribution is 2.31. The molecule has 0 radical (unpaired) electrons. The van der Waals surface area contributed by atoms with Gasteiger partial charge in [0.25, 0.3) is 5.91 Å². The predicted octanol–water partition coefficient (Wildman–Crippen LogP) is 1.02. The van der Waals surface area contributed by atoms with Crippen molar-refractivity contribution in [2.24, 2.45) is 0 Å². The second kappa shape index (κ2) is 5.61. The minimum atomic E-state index is -2.86. The first-order valence-electron chi connectivity index (χ1n) is 6.36. The number of carbonyl (C=O) groups excluding carboxylic acids is 1. The number of sulfone groups is 1. The van der Waals surface area contributed by atoms with Gasteiger partial charge in [-0.25, -0.2) is 8.42 Å². The Morgan fingerprint density at radius 1 is 1.40 bits per heavy atom. The van der Waals surface area contributed by atoms with E-state index in [-0.39, 0.29) is 23.5 Å². The molecule has 1 amide bonds. The fourth-order valence-electron chi connectivity index (χ4n) is 2.08. The number of amides is 1. The van der Waals surface area contributed by atoms with Gasteiger partial charge in [0.05, 0.1) is 22.2 Å². The van der Waals surface area contributed by atoms with Crippen LogP contribution >= 0.6 is 11.3 Å². The van der Waals surface area contributed by atoms with Gasteiger partial charge in [0, 0.05) is 20.1 Å². The van der Waals surface area contributed by atoms with Crippen LogP contribution in [0.4, 0.5) is 10.7 Å². The van der Waals surface area contributed by atoms with Crippen molar-refractivity contribution in [2.45, 2.75) is 18.9 Å². The summed E-state index contributed by atoms with van der Waals surface area (Å²) in [5.41, 5.74) is 6.31. The van der Waals surface area contributed by atoms with E-state index < -0.39 is 9.84 Å². The number of nitrogens with zero attached hydrogens (tertiary/aromatic N) is 1. The van der Waals surface area contributed by atoms with E-state index in [1.807, 2.05) is 0 Å². The Kier molecular flexibility index (Phi) is 4.24. The van der Waals surface area contributed by atoms with E-state index in [0.717, 1.165) is 5.00 Å². The lowest BCUT2D eigenvalue weighted by molar-refractivity contribution is 0.0833. The van der Waals surface area contributed by atoms with Crippen molar-refractivity contribution < 1.29 is 13.2 Å². The van der Waals surface area contributed by atoms with Crippen molar-refractivity contribution in [3.63, 3.8) is 0 Å². The molecule has 0 unspecified atom stereocenters. The van der Waals surface area contributed by atoms with Crippen LogP contribution in [-0.4, -0.2) is 50.9 Å². The summed E-state index contributed by atoms with van der Waals surface area (Å²) in [6.07, 6.45) is 1.19. The number of thiophene rings is 1. The second-order valence-electron chi connectivity index (χ2n) is 5.17. The quantitative estimate of drug-likeness (QED) is 0.868. The largest absolute Gasteiger partial charge is 0.397 e. The number of nitrogen functional groups attached to an aromatic ring is 1. The Morgan fingerprint density at radius 3 is 2.55 bits per heavy atom. The van der Waals surface area contributed by atoms with Crippen molar-refractivity contribution in [2.75, 3.05) is 36.7 Å². The molecule has 0 aromatic carbocycles. The lowest BCUT2D eigenvalue weighted by Gasteiger charge is -2.23. The van der Waals surface area contributed by atoms with Crippen LogP contribution in [0.25, 0.3) is 0 Å². The number of nitrogens with two attached hydrogens (primary N) is 1. The molecule has 0 bridgehead atoms. The Morgan fingerprint density at radius 2 is 2.00 bits per heavy atom. The van der Waals surface area contributed by atoms with Crippen LogP contribution in [0.5, 0.6) is 0 Å². The summed E-state index contributed by atoms with van der Waals surface area (Å²) in [7, 11) is 0.505. The summed E-state index contributed by atoms with van der Waals surface area (Å²) >= 11 is 1.31. The lowest BCUT2D eigenvalue weighted by Crippen LogP contribution is -2.31. The van der Waals surface area contributed by atoms with Gasteiger partial charge in [0.1, 0.15) is 14.7 Å². The highest BCUT2D eigenvalue weighted by molar-refractivity contribution is 7.91. The maximum atomic E-state index is 11.9. The van der Waals surface area contributed by atoms with Crippen molar-refractivity contribution in [1.29, 1.82) is 0 Å². The summed E-state index contributed by atoms with van der Waals surface area (Å²) in [6, 6.07) is 1.86. The highest BCUT2D eigenvalue weighted by Gasteiger charge is 2.24. The van der Waals surface area contributed by atoms with E-state index in [0.29, 0.717) is 23.4 Å². The standard InChI is InChI=1S/C12H19N3O3S2/c1-15(2)12(16)11-9(13)7-10(19-11)14-8-3-5-20(17,18)6-4-8/h7-8,14H,3-6,13H2,1-2H3. The smallest absolute Gasteiger partial charge is 0.265 e. The summed E-state index contributed by atoms with van der Waals surface area (Å²) in [6.45, 7) is 0. The van der Waals surface area contributed by atoms with Gasteiger partial charge < -0.3 is 16.0 Å². The third-order valence-electron chi connectivity index (χ3n) is 3.26. The average molecular weight is 317 g/mol. The van der Waals surface area contributed by atoms with Gasteiger partial charge in [-0.05, 0) is 18.9 Å². The minimum absolute atomic E-state index is 0.119. The van der Waals surface area contributed by atoms with E-state index >= 15 is 0 Å². The second-order valence-corrected chi connectivity index (χ2v) is 8.52. The SMILES string of the molecule is CN(C)C(=O)c1sc(NC2CCS(=O)(=O)CC2)cc1N. The average Bonchev–Trinajstić information content (AvgIpc) is 2.72. The minimum Gasteiger partial charge on any atom is -0.397 e. The number of hydrogen-bond acceptors (Lipinski definition) is 6. The van der Waals surface area contributed by atoms with E-state index in [4.69, 9.17) is 5.73 Å². The first-order chi connectivity index (χ1) is 9.28. The van der Waals surface area contributed by atoms with Gasteiger partial charge in [0.2, 0.25) is 0 Å². The molecule has 0 spiro atoms. The highest BCUT2D eigenvalue weighted by atomic mass is 32.2. The van der Waals surface area contributed by atoms with Crippen molar-refractivity contribution in [1.82, 2.24) is 4.90 Å². The molecule has 1 saturated heterocycles. The van der Waals surface area contributed by atoms with Gasteiger partial charge >= 0.3 is 0 Å². The van der Waals surface area contributed by atoms with Crippen LogP contribution < -0.4 is 11.1 Å². The molecule has 1 aliphatic rings. The molecule has 1 aromatic heterocycles. The Hall–Kier alpha value is -1.28. The van der Waals surface area contributed by atoms with E-state index in [9.17, 15) is 13.2 Å². The number of anilines is 2. The molecule has 112 valence electrons. The monoisotopic (exact) mass is 317 g/mol. The van der Waals surface area contributed by atoms with E-state index in [1.54, 1.807) is 20.2 Å². The Balaban J connectivity index is 2.05. The van der Waals surface area contributed by atoms with Gasteiger partial charge in [-0.2, -0.15) is 0 Å². The lowest BCUT2D eigenvalue weighted by atomic mass is 10.1. The molecule has 1 fully saturated rings. The number of carbonyl (C=O) groups is 1. The topological polar surface area (TPSA) is 92.5 Å². The molecule has 0 atom stereocenters. The zero-order chi connectivity index (χ0) is 14.9. The first kappa shape index (κ1) is 15.1. The third kappa shape index (κ3) is 3.43. The number of rotatable bonds is 3. The first-order valence-corrected chi connectivity index (χ1v) is 9.00. The molecular formula is C12H19N3O3S2. The maximum Gasteiger partial charge on any atom is 0.265 e. The molecule has 1 aromatic rings. The molecule has 1 aliphatic heterocycles. The maximum absolute atomic E-state index is 11.9. The van der Waals surface area contributed by atoms with Gasteiger partial charge in [0.15, 0.2) is 0 Å². The summed E-state index contributed by atoms with van der Waals surface area (Å²) in [4.78, 5) is 13.9. The molecular weight excluding hydrogens is 298 g/mol. The van der Waals surface area contributed by atoms with E-state index in [2.05, 4.69) is 5.32 Å². The molecule has 0 aliphatic carbocycles. The van der Waals surface area contributed by atoms with Crippen molar-refractivity contribution in [3.8, 4) is 0 Å². The third-order valence-corrected chi connectivity index (χ3v) is 6.05. The van der Waals surface area contributed by atoms with E-state index in [1.165, 1.54) is 16.2 Å². The fraction of sp³-hybridized carbons (Fsp3) is 0.583. The predicted molar refractivity (Wildman–Crippen MR) is 82.0 cm³/mol. The molecule has 2 rings (SSSR count). The van der Waals surface area contributed by atoms with Crippen molar-refractivity contribution in [3.05, 3.63) is 10.9 Å². The normalized spacial score (nSPS) is 18.7. The van der Waals surface area contributed by atoms with Crippen LogP contribution in [-0.2, 0) is 9.84 Å². The number of hydrogen-bond donors (Lipinski definition) is 2. The van der Waals surface area contributed by atoms with Crippen LogP contribution in [0.2, 0.25) is 0 Å².